The topological polar surface area (TPSA) is 67.9 Å². The fourth-order valence-electron chi connectivity index (χ4n) is 3.18. The van der Waals surface area contributed by atoms with Gasteiger partial charge in [0.1, 0.15) is 4.88 Å². The second-order valence-electron chi connectivity index (χ2n) is 6.83. The zero-order valence-corrected chi connectivity index (χ0v) is 16.9. The van der Waals surface area contributed by atoms with Gasteiger partial charge in [-0.25, -0.2) is 4.79 Å². The van der Waals surface area contributed by atoms with E-state index in [1.54, 1.807) is 13.0 Å². The Bertz CT molecular complexity index is 976. The summed E-state index contributed by atoms with van der Waals surface area (Å²) in [5.74, 6) is -0.852. The molecule has 0 radical (unpaired) electrons. The molecule has 4 rings (SSSR count). The number of fused-ring (bicyclic) bond motifs is 1. The molecule has 0 unspecified atom stereocenters. The summed E-state index contributed by atoms with van der Waals surface area (Å²) in [4.78, 5) is 27.5. The Balaban J connectivity index is 1.34. The molecule has 1 fully saturated rings. The van der Waals surface area contributed by atoms with Crippen LogP contribution in [-0.2, 0) is 14.3 Å². The zero-order chi connectivity index (χ0) is 20.2. The lowest BCUT2D eigenvalue weighted by molar-refractivity contribution is -0.123. The molecule has 0 aliphatic carbocycles. The average molecular weight is 410 g/mol. The van der Waals surface area contributed by atoms with Gasteiger partial charge >= 0.3 is 5.97 Å². The number of carbonyl (C=O) groups is 2. The molecule has 1 saturated heterocycles. The van der Waals surface area contributed by atoms with Crippen LogP contribution >= 0.6 is 11.3 Å². The molecule has 3 aromatic rings. The smallest absolute Gasteiger partial charge is 0.349 e. The number of hydrogen-bond donors (Lipinski definition) is 1. The summed E-state index contributed by atoms with van der Waals surface area (Å²) in [5.41, 5.74) is 1.76. The van der Waals surface area contributed by atoms with Crippen molar-refractivity contribution in [1.82, 2.24) is 0 Å². The minimum atomic E-state index is -0.897. The maximum atomic E-state index is 12.4. The molecule has 150 valence electrons. The van der Waals surface area contributed by atoms with Crippen molar-refractivity contribution in [2.75, 3.05) is 36.5 Å². The summed E-state index contributed by atoms with van der Waals surface area (Å²) in [7, 11) is 0. The summed E-state index contributed by atoms with van der Waals surface area (Å²) in [6, 6.07) is 17.2. The van der Waals surface area contributed by atoms with Gasteiger partial charge in [-0.15, -0.1) is 11.3 Å². The van der Waals surface area contributed by atoms with Gasteiger partial charge < -0.3 is 19.7 Å². The molecule has 1 amide bonds. The van der Waals surface area contributed by atoms with E-state index in [1.165, 1.54) is 11.3 Å². The fourth-order valence-corrected chi connectivity index (χ4v) is 4.12. The van der Waals surface area contributed by atoms with Crippen LogP contribution in [0.25, 0.3) is 10.1 Å². The maximum Gasteiger partial charge on any atom is 0.349 e. The van der Waals surface area contributed by atoms with Gasteiger partial charge in [0.05, 0.1) is 13.2 Å². The molecule has 2 aromatic carbocycles. The van der Waals surface area contributed by atoms with Crippen LogP contribution in [0.1, 0.15) is 16.6 Å². The van der Waals surface area contributed by atoms with E-state index >= 15 is 0 Å². The summed E-state index contributed by atoms with van der Waals surface area (Å²) in [5, 5.41) is 3.79. The minimum absolute atomic E-state index is 0.362. The van der Waals surface area contributed by atoms with Crippen molar-refractivity contribution in [2.24, 2.45) is 0 Å². The first-order chi connectivity index (χ1) is 14.1. The van der Waals surface area contributed by atoms with Crippen LogP contribution in [0, 0.1) is 0 Å². The lowest BCUT2D eigenvalue weighted by Gasteiger charge is -2.28. The minimum Gasteiger partial charge on any atom is -0.448 e. The molecule has 29 heavy (non-hydrogen) atoms. The molecule has 0 spiro atoms. The summed E-state index contributed by atoms with van der Waals surface area (Å²) < 4.78 is 11.7. The standard InChI is InChI=1S/C22H22N2O4S/c1-15(28-22(26)20-14-16-4-2-3-5-19(16)29-20)21(25)23-17-6-8-18(9-7-17)24-10-12-27-13-11-24/h2-9,14-15H,10-13H2,1H3,(H,23,25)/t15-/m1/s1. The van der Waals surface area contributed by atoms with Crippen molar-refractivity contribution in [1.29, 1.82) is 0 Å². The van der Waals surface area contributed by atoms with Crippen LogP contribution in [-0.4, -0.2) is 44.3 Å². The number of rotatable bonds is 5. The van der Waals surface area contributed by atoms with Gasteiger partial charge in [0.2, 0.25) is 0 Å². The molecule has 2 heterocycles. The Morgan fingerprint density at radius 3 is 2.55 bits per heavy atom. The van der Waals surface area contributed by atoms with E-state index in [0.29, 0.717) is 10.6 Å². The number of carbonyl (C=O) groups excluding carboxylic acids is 2. The van der Waals surface area contributed by atoms with Crippen molar-refractivity contribution in [2.45, 2.75) is 13.0 Å². The summed E-state index contributed by atoms with van der Waals surface area (Å²) in [6.07, 6.45) is -0.897. The molecule has 1 N–H and O–H groups in total. The van der Waals surface area contributed by atoms with E-state index in [0.717, 1.165) is 42.1 Å². The van der Waals surface area contributed by atoms with Crippen LogP contribution in [0.2, 0.25) is 0 Å². The number of thiophene rings is 1. The molecule has 6 nitrogen and oxygen atoms in total. The normalized spacial score (nSPS) is 15.1. The number of morpholine rings is 1. The van der Waals surface area contributed by atoms with Crippen LogP contribution in [0.5, 0.6) is 0 Å². The van der Waals surface area contributed by atoms with E-state index in [-0.39, 0.29) is 5.91 Å². The first kappa shape index (κ1) is 19.4. The molecule has 0 bridgehead atoms. The predicted molar refractivity (Wildman–Crippen MR) is 115 cm³/mol. The van der Waals surface area contributed by atoms with Crippen molar-refractivity contribution in [3.05, 3.63) is 59.5 Å². The number of hydrogen-bond acceptors (Lipinski definition) is 6. The summed E-state index contributed by atoms with van der Waals surface area (Å²) >= 11 is 1.36. The predicted octanol–water partition coefficient (Wildman–Crippen LogP) is 3.92. The Hall–Kier alpha value is -2.90. The van der Waals surface area contributed by atoms with Gasteiger partial charge in [0, 0.05) is 29.2 Å². The maximum absolute atomic E-state index is 12.4. The first-order valence-electron chi connectivity index (χ1n) is 9.53. The van der Waals surface area contributed by atoms with E-state index in [9.17, 15) is 9.59 Å². The number of nitrogens with zero attached hydrogens (tertiary/aromatic N) is 1. The fraction of sp³-hybridized carbons (Fsp3) is 0.273. The Labute approximate surface area is 173 Å². The molecular weight excluding hydrogens is 388 g/mol. The molecule has 1 atom stereocenters. The Morgan fingerprint density at radius 1 is 1.10 bits per heavy atom. The quantitative estimate of drug-likeness (QED) is 0.646. The van der Waals surface area contributed by atoms with Gasteiger partial charge in [-0.1, -0.05) is 18.2 Å². The Kier molecular flexibility index (Phi) is 5.78. The van der Waals surface area contributed by atoms with Crippen molar-refractivity contribution < 1.29 is 19.1 Å². The second-order valence-corrected chi connectivity index (χ2v) is 7.92. The number of benzene rings is 2. The van der Waals surface area contributed by atoms with Gasteiger partial charge in [-0.3, -0.25) is 4.79 Å². The van der Waals surface area contributed by atoms with Crippen molar-refractivity contribution in [3.63, 3.8) is 0 Å². The monoisotopic (exact) mass is 410 g/mol. The highest BCUT2D eigenvalue weighted by molar-refractivity contribution is 7.20. The van der Waals surface area contributed by atoms with Crippen molar-refractivity contribution in [3.8, 4) is 0 Å². The molecule has 0 saturated carbocycles. The molecule has 1 aromatic heterocycles. The third-order valence-electron chi connectivity index (χ3n) is 4.79. The lowest BCUT2D eigenvalue weighted by Crippen LogP contribution is -2.36. The average Bonchev–Trinajstić information content (AvgIpc) is 3.19. The lowest BCUT2D eigenvalue weighted by atomic mass is 10.2. The van der Waals surface area contributed by atoms with Gasteiger partial charge in [0.15, 0.2) is 6.10 Å². The largest absolute Gasteiger partial charge is 0.448 e. The third-order valence-corrected chi connectivity index (χ3v) is 5.89. The number of ether oxygens (including phenoxy) is 2. The van der Waals surface area contributed by atoms with Gasteiger partial charge in [0.25, 0.3) is 5.91 Å². The molecule has 7 heteroatoms. The first-order valence-corrected chi connectivity index (χ1v) is 10.3. The zero-order valence-electron chi connectivity index (χ0n) is 16.1. The highest BCUT2D eigenvalue weighted by Gasteiger charge is 2.21. The molecule has 1 aliphatic rings. The third kappa shape index (κ3) is 4.58. The van der Waals surface area contributed by atoms with Gasteiger partial charge in [-0.05, 0) is 48.7 Å². The van der Waals surface area contributed by atoms with Crippen LogP contribution in [0.4, 0.5) is 11.4 Å². The number of amides is 1. The van der Waals surface area contributed by atoms with Crippen LogP contribution < -0.4 is 10.2 Å². The van der Waals surface area contributed by atoms with E-state index in [2.05, 4.69) is 10.2 Å². The molecule has 1 aliphatic heterocycles. The highest BCUT2D eigenvalue weighted by atomic mass is 32.1. The van der Waals surface area contributed by atoms with Crippen LogP contribution in [0.15, 0.2) is 54.6 Å². The number of nitrogens with one attached hydrogen (secondary N) is 1. The van der Waals surface area contributed by atoms with E-state index in [4.69, 9.17) is 9.47 Å². The van der Waals surface area contributed by atoms with Crippen molar-refractivity contribution >= 4 is 44.7 Å². The van der Waals surface area contributed by atoms with E-state index in [1.807, 2.05) is 48.5 Å². The molecular formula is C22H22N2O4S. The number of esters is 1. The highest BCUT2D eigenvalue weighted by Crippen LogP contribution is 2.26. The van der Waals surface area contributed by atoms with Crippen LogP contribution in [0.3, 0.4) is 0 Å². The Morgan fingerprint density at radius 2 is 1.83 bits per heavy atom. The SMILES string of the molecule is C[C@@H](OC(=O)c1cc2ccccc2s1)C(=O)Nc1ccc(N2CCOCC2)cc1. The second kappa shape index (κ2) is 8.63. The summed E-state index contributed by atoms with van der Waals surface area (Å²) in [6.45, 7) is 4.73. The van der Waals surface area contributed by atoms with E-state index < -0.39 is 12.1 Å². The number of anilines is 2. The van der Waals surface area contributed by atoms with Gasteiger partial charge in [-0.2, -0.15) is 0 Å².